The number of phosphoric acid groups is 1. The third kappa shape index (κ3) is 9.07. The molecule has 0 saturated heterocycles. The maximum atomic E-state index is 13.8. The van der Waals surface area contributed by atoms with Crippen LogP contribution in [0, 0.1) is 5.82 Å². The number of halogens is 1. The minimum absolute atomic E-state index is 0.0931. The van der Waals surface area contributed by atoms with Crippen molar-refractivity contribution in [3.8, 4) is 39.7 Å². The fourth-order valence-electron chi connectivity index (χ4n) is 4.91. The lowest BCUT2D eigenvalue weighted by atomic mass is 10.0. The van der Waals surface area contributed by atoms with Crippen LogP contribution in [0.15, 0.2) is 96.2 Å². The van der Waals surface area contributed by atoms with Crippen molar-refractivity contribution in [2.75, 3.05) is 12.8 Å². The van der Waals surface area contributed by atoms with Crippen molar-refractivity contribution in [3.63, 3.8) is 0 Å². The van der Waals surface area contributed by atoms with Crippen LogP contribution in [0.4, 0.5) is 4.39 Å². The van der Waals surface area contributed by atoms with Gasteiger partial charge < -0.3 is 29.7 Å². The molecule has 2 heterocycles. The molecule has 0 radical (unpaired) electrons. The van der Waals surface area contributed by atoms with Crippen molar-refractivity contribution in [1.29, 1.82) is 0 Å². The van der Waals surface area contributed by atoms with Gasteiger partial charge in [-0.1, -0.05) is 18.2 Å². The van der Waals surface area contributed by atoms with Gasteiger partial charge in [0.2, 0.25) is 0 Å². The smallest absolute Gasteiger partial charge is 0.317 e. The van der Waals surface area contributed by atoms with E-state index < -0.39 is 24.7 Å². The Morgan fingerprint density at radius 3 is 2.26 bits per heavy atom. The molecule has 2 aromatic heterocycles. The first-order valence-electron chi connectivity index (χ1n) is 14.7. The molecule has 0 aliphatic heterocycles. The average Bonchev–Trinajstić information content (AvgIpc) is 3.46. The maximum absolute atomic E-state index is 13.8. The molecule has 0 bridgehead atoms. The number of pyridine rings is 1. The van der Waals surface area contributed by atoms with E-state index in [1.54, 1.807) is 59.6 Å². The summed E-state index contributed by atoms with van der Waals surface area (Å²) in [4.78, 5) is 30.1. The monoisotopic (exact) mass is 678 g/mol. The van der Waals surface area contributed by atoms with Crippen molar-refractivity contribution in [3.05, 3.63) is 108 Å². The zero-order valence-corrected chi connectivity index (χ0v) is 28.0. The molecule has 0 fully saturated rings. The largest absolute Gasteiger partial charge is 0.746 e. The number of β-amino-alcohol motifs (C(OH)–C–C–N with tert-alkyl or cyclic N) is 1. The topological polar surface area (TPSA) is 151 Å². The zero-order valence-electron chi connectivity index (χ0n) is 26.3. The third-order valence-electron chi connectivity index (χ3n) is 7.33. The molecule has 10 nitrogen and oxygen atoms in total. The van der Waals surface area contributed by atoms with Gasteiger partial charge in [0.1, 0.15) is 17.4 Å². The third-order valence-corrected chi connectivity index (χ3v) is 8.69. The summed E-state index contributed by atoms with van der Waals surface area (Å²) in [6.45, 7) is 6.31. The first-order chi connectivity index (χ1) is 22.1. The molecule has 0 aliphatic rings. The number of aliphatic hydroxyl groups excluding tert-OH is 1. The van der Waals surface area contributed by atoms with E-state index in [1.807, 2.05) is 45.0 Å². The number of nitrogens with zero attached hydrogens (tertiary/aromatic N) is 2. The maximum Gasteiger partial charge on any atom is 0.317 e. The highest BCUT2D eigenvalue weighted by Crippen LogP contribution is 2.37. The molecule has 0 aliphatic carbocycles. The zero-order chi connectivity index (χ0) is 33.9. The number of phosphoric ester groups is 1. The Hall–Kier alpha value is -4.03. The lowest BCUT2D eigenvalue weighted by Crippen LogP contribution is -2.38. The molecule has 3 atom stereocenters. The van der Waals surface area contributed by atoms with E-state index in [2.05, 4.69) is 10.3 Å². The number of hydrogen-bond donors (Lipinski definition) is 4. The number of hydrogen-bond acceptors (Lipinski definition) is 7. The van der Waals surface area contributed by atoms with Crippen LogP contribution in [0.5, 0.6) is 5.75 Å². The minimum atomic E-state index is -5.13. The second-order valence-corrected chi connectivity index (χ2v) is 14.6. The Balaban J connectivity index is 1.45. The van der Waals surface area contributed by atoms with Crippen LogP contribution in [-0.4, -0.2) is 42.5 Å². The van der Waals surface area contributed by atoms with Gasteiger partial charge in [-0.05, 0) is 74.9 Å². The molecule has 5 rings (SSSR count). The number of aromatic nitrogens is 3. The number of aromatic amines is 1. The molecular formula is C34H36FN4O6PS. The van der Waals surface area contributed by atoms with E-state index in [0.29, 0.717) is 38.8 Å². The van der Waals surface area contributed by atoms with Crippen LogP contribution in [-0.2, 0) is 21.9 Å². The van der Waals surface area contributed by atoms with E-state index in [0.717, 1.165) is 11.1 Å². The molecule has 0 saturated carbocycles. The molecule has 0 amide bonds. The first kappa shape index (κ1) is 34.3. The van der Waals surface area contributed by atoms with Crippen molar-refractivity contribution in [2.24, 2.45) is 0 Å². The molecule has 246 valence electrons. The van der Waals surface area contributed by atoms with Crippen LogP contribution in [0.2, 0.25) is 0 Å². The lowest BCUT2D eigenvalue weighted by molar-refractivity contribution is -0.688. The number of imidazole rings is 1. The van der Waals surface area contributed by atoms with Gasteiger partial charge in [0.25, 0.3) is 0 Å². The highest BCUT2D eigenvalue weighted by Gasteiger charge is 2.20. The van der Waals surface area contributed by atoms with Gasteiger partial charge in [-0.25, -0.2) is 13.9 Å². The summed E-state index contributed by atoms with van der Waals surface area (Å²) >= 11 is 0. The average molecular weight is 679 g/mol. The Morgan fingerprint density at radius 2 is 1.66 bits per heavy atom. The van der Waals surface area contributed by atoms with Crippen LogP contribution in [0.25, 0.3) is 33.9 Å². The minimum Gasteiger partial charge on any atom is -0.746 e. The number of benzene rings is 3. The number of H-pyrrole nitrogens is 1. The van der Waals surface area contributed by atoms with Gasteiger partial charge in [0.05, 0.1) is 23.1 Å². The molecule has 13 heteroatoms. The molecule has 3 aromatic carbocycles. The SMILES string of the molecule is CS(=O)c1ccc(-c2nc(-c3ccc(F)cc3)c(-c3cc[n+](Cc4ccc(C(O)CNC(C)(C)C)cc4OP(=O)([O-])O)cc3)[nH]2)cc1. The molecule has 47 heavy (non-hydrogen) atoms. The molecule has 3 unspecified atom stereocenters. The van der Waals surface area contributed by atoms with E-state index in [4.69, 9.17) is 9.51 Å². The predicted octanol–water partition coefficient (Wildman–Crippen LogP) is 4.88. The normalized spacial score (nSPS) is 14.4. The van der Waals surface area contributed by atoms with Crippen molar-refractivity contribution in [1.82, 2.24) is 15.3 Å². The van der Waals surface area contributed by atoms with Crippen LogP contribution < -0.4 is 19.3 Å². The summed E-state index contributed by atoms with van der Waals surface area (Å²) in [5.41, 5.74) is 4.23. The Morgan fingerprint density at radius 1 is 1.02 bits per heavy atom. The highest BCUT2D eigenvalue weighted by atomic mass is 32.2. The van der Waals surface area contributed by atoms with E-state index >= 15 is 0 Å². The summed E-state index contributed by atoms with van der Waals surface area (Å²) in [7, 11) is -6.25. The van der Waals surface area contributed by atoms with Gasteiger partial charge in [0.15, 0.2) is 18.9 Å². The van der Waals surface area contributed by atoms with Crippen molar-refractivity contribution in [2.45, 2.75) is 43.9 Å². The van der Waals surface area contributed by atoms with Gasteiger partial charge in [-0.15, -0.1) is 0 Å². The quantitative estimate of drug-likeness (QED) is 0.114. The first-order valence-corrected chi connectivity index (χ1v) is 17.8. The summed E-state index contributed by atoms with van der Waals surface area (Å²) in [5, 5.41) is 13.9. The summed E-state index contributed by atoms with van der Waals surface area (Å²) in [5.74, 6) is 0.124. The fourth-order valence-corrected chi connectivity index (χ4v) is 5.84. The van der Waals surface area contributed by atoms with E-state index in [9.17, 15) is 28.1 Å². The summed E-state index contributed by atoms with van der Waals surface area (Å²) in [6, 6.07) is 21.8. The van der Waals surface area contributed by atoms with Gasteiger partial charge in [0, 0.05) is 62.9 Å². The second kappa shape index (κ2) is 14.0. The summed E-state index contributed by atoms with van der Waals surface area (Å²) in [6.07, 6.45) is 4.27. The number of nitrogens with one attached hydrogen (secondary N) is 2. The molecule has 0 spiro atoms. The van der Waals surface area contributed by atoms with Crippen LogP contribution >= 0.6 is 7.82 Å². The Labute approximate surface area is 275 Å². The van der Waals surface area contributed by atoms with Crippen LogP contribution in [0.1, 0.15) is 38.0 Å². The predicted molar refractivity (Wildman–Crippen MR) is 176 cm³/mol. The van der Waals surface area contributed by atoms with Crippen LogP contribution in [0.3, 0.4) is 0 Å². The number of rotatable bonds is 11. The Bertz CT molecular complexity index is 1920. The van der Waals surface area contributed by atoms with Gasteiger partial charge in [-0.2, -0.15) is 0 Å². The molecular weight excluding hydrogens is 642 g/mol. The van der Waals surface area contributed by atoms with Crippen molar-refractivity contribution < 1.29 is 37.1 Å². The summed E-state index contributed by atoms with van der Waals surface area (Å²) < 4.78 is 44.0. The lowest BCUT2D eigenvalue weighted by Gasteiger charge is -2.24. The second-order valence-electron chi connectivity index (χ2n) is 12.1. The number of aliphatic hydroxyl groups is 1. The highest BCUT2D eigenvalue weighted by molar-refractivity contribution is 7.84. The Kier molecular flexibility index (Phi) is 10.2. The molecule has 4 N–H and O–H groups in total. The van der Waals surface area contributed by atoms with Crippen molar-refractivity contribution >= 4 is 18.6 Å². The van der Waals surface area contributed by atoms with Gasteiger partial charge >= 0.3 is 7.82 Å². The molecule has 5 aromatic rings. The van der Waals surface area contributed by atoms with Gasteiger partial charge in [-0.3, -0.25) is 8.77 Å². The van der Waals surface area contributed by atoms with E-state index in [1.165, 1.54) is 18.2 Å². The standard InChI is InChI=1S/C34H36FN4O6PS/c1-34(2,3)36-20-29(40)25-5-6-26(30(19-25)45-46(41,42)43)21-39-17-15-23(16-18-39)32-31(22-7-11-27(35)12-8-22)37-33(38-32)24-9-13-28(14-10-24)47(4)44/h5-19,29,36,40H,20-21H2,1-4H3,(H2,41,42,43). The fraction of sp³-hybridized carbons (Fsp3) is 0.235. The van der Waals surface area contributed by atoms with E-state index in [-0.39, 0.29) is 30.2 Å².